The summed E-state index contributed by atoms with van der Waals surface area (Å²) in [5.41, 5.74) is 7.84. The molecule has 0 aliphatic rings. The second-order valence-corrected chi connectivity index (χ2v) is 3.36. The molecule has 3 nitrogen and oxygen atoms in total. The molecule has 0 amide bonds. The lowest BCUT2D eigenvalue weighted by Gasteiger charge is -2.11. The SMILES string of the molecule is CCOCCOc1cc(C)ccc1CN. The van der Waals surface area contributed by atoms with Gasteiger partial charge in [0, 0.05) is 18.7 Å². The van der Waals surface area contributed by atoms with Gasteiger partial charge in [-0.25, -0.2) is 0 Å². The number of ether oxygens (including phenoxy) is 2. The van der Waals surface area contributed by atoms with Crippen molar-refractivity contribution in [2.75, 3.05) is 19.8 Å². The van der Waals surface area contributed by atoms with E-state index in [1.54, 1.807) is 0 Å². The maximum atomic E-state index is 5.62. The lowest BCUT2D eigenvalue weighted by molar-refractivity contribution is 0.110. The Bertz CT molecular complexity index is 300. The monoisotopic (exact) mass is 209 g/mol. The van der Waals surface area contributed by atoms with Crippen LogP contribution in [0.15, 0.2) is 18.2 Å². The van der Waals surface area contributed by atoms with Crippen LogP contribution in [-0.4, -0.2) is 19.8 Å². The zero-order valence-corrected chi connectivity index (χ0v) is 9.45. The molecule has 15 heavy (non-hydrogen) atoms. The van der Waals surface area contributed by atoms with Gasteiger partial charge in [0.25, 0.3) is 0 Å². The summed E-state index contributed by atoms with van der Waals surface area (Å²) < 4.78 is 10.8. The van der Waals surface area contributed by atoms with Crippen molar-refractivity contribution in [1.82, 2.24) is 0 Å². The minimum atomic E-state index is 0.504. The fourth-order valence-corrected chi connectivity index (χ4v) is 1.32. The third-order valence-corrected chi connectivity index (χ3v) is 2.13. The molecule has 0 fully saturated rings. The highest BCUT2D eigenvalue weighted by atomic mass is 16.5. The van der Waals surface area contributed by atoms with Crippen molar-refractivity contribution in [3.05, 3.63) is 29.3 Å². The molecular weight excluding hydrogens is 190 g/mol. The first-order valence-corrected chi connectivity index (χ1v) is 5.28. The first-order valence-electron chi connectivity index (χ1n) is 5.28. The topological polar surface area (TPSA) is 44.5 Å². The lowest BCUT2D eigenvalue weighted by atomic mass is 10.1. The molecule has 0 unspecified atom stereocenters. The molecule has 0 heterocycles. The number of hydrogen-bond acceptors (Lipinski definition) is 3. The summed E-state index contributed by atoms with van der Waals surface area (Å²) in [5, 5.41) is 0. The van der Waals surface area contributed by atoms with Gasteiger partial charge in [0.1, 0.15) is 12.4 Å². The maximum absolute atomic E-state index is 5.62. The molecular formula is C12H19NO2. The van der Waals surface area contributed by atoms with Gasteiger partial charge in [-0.3, -0.25) is 0 Å². The van der Waals surface area contributed by atoms with E-state index < -0.39 is 0 Å². The number of nitrogens with two attached hydrogens (primary N) is 1. The van der Waals surface area contributed by atoms with E-state index in [2.05, 4.69) is 0 Å². The molecule has 0 bridgehead atoms. The zero-order valence-electron chi connectivity index (χ0n) is 9.45. The van der Waals surface area contributed by atoms with Crippen LogP contribution in [0.1, 0.15) is 18.1 Å². The number of benzene rings is 1. The predicted molar refractivity (Wildman–Crippen MR) is 61.1 cm³/mol. The molecule has 2 N–H and O–H groups in total. The molecule has 0 saturated heterocycles. The molecule has 0 aromatic heterocycles. The molecule has 3 heteroatoms. The quantitative estimate of drug-likeness (QED) is 0.727. The Morgan fingerprint density at radius 3 is 2.73 bits per heavy atom. The minimum Gasteiger partial charge on any atom is -0.491 e. The van der Waals surface area contributed by atoms with Crippen LogP contribution >= 0.6 is 0 Å². The Hall–Kier alpha value is -1.06. The number of hydrogen-bond donors (Lipinski definition) is 1. The van der Waals surface area contributed by atoms with Gasteiger partial charge >= 0.3 is 0 Å². The van der Waals surface area contributed by atoms with Crippen molar-refractivity contribution in [2.45, 2.75) is 20.4 Å². The van der Waals surface area contributed by atoms with Crippen LogP contribution in [0.25, 0.3) is 0 Å². The number of rotatable bonds is 6. The summed E-state index contributed by atoms with van der Waals surface area (Å²) in [6, 6.07) is 6.05. The molecule has 0 saturated carbocycles. The van der Waals surface area contributed by atoms with Crippen LogP contribution in [0.2, 0.25) is 0 Å². The number of aryl methyl sites for hydroxylation is 1. The standard InChI is InChI=1S/C12H19NO2/c1-3-14-6-7-15-12-8-10(2)4-5-11(12)9-13/h4-5,8H,3,6-7,9,13H2,1-2H3. The Morgan fingerprint density at radius 1 is 1.27 bits per heavy atom. The molecule has 84 valence electrons. The van der Waals surface area contributed by atoms with Gasteiger partial charge in [0.2, 0.25) is 0 Å². The van der Waals surface area contributed by atoms with E-state index in [9.17, 15) is 0 Å². The third kappa shape index (κ3) is 3.90. The second kappa shape index (κ2) is 6.43. The molecule has 1 aromatic carbocycles. The van der Waals surface area contributed by atoms with Crippen LogP contribution in [0.5, 0.6) is 5.75 Å². The molecule has 0 atom stereocenters. The highest BCUT2D eigenvalue weighted by molar-refractivity contribution is 5.36. The van der Waals surface area contributed by atoms with Gasteiger partial charge in [-0.2, -0.15) is 0 Å². The third-order valence-electron chi connectivity index (χ3n) is 2.13. The zero-order chi connectivity index (χ0) is 11.1. The van der Waals surface area contributed by atoms with Gasteiger partial charge in [-0.1, -0.05) is 12.1 Å². The first-order chi connectivity index (χ1) is 7.27. The van der Waals surface area contributed by atoms with E-state index in [-0.39, 0.29) is 0 Å². The molecule has 1 aromatic rings. The van der Waals surface area contributed by atoms with Crippen molar-refractivity contribution in [3.63, 3.8) is 0 Å². The van der Waals surface area contributed by atoms with E-state index in [1.165, 1.54) is 5.56 Å². The van der Waals surface area contributed by atoms with Crippen LogP contribution < -0.4 is 10.5 Å². The van der Waals surface area contributed by atoms with Gasteiger partial charge in [-0.15, -0.1) is 0 Å². The molecule has 0 aliphatic heterocycles. The summed E-state index contributed by atoms with van der Waals surface area (Å²) in [6.45, 7) is 6.43. The van der Waals surface area contributed by atoms with E-state index in [0.717, 1.165) is 17.9 Å². The van der Waals surface area contributed by atoms with E-state index in [4.69, 9.17) is 15.2 Å². The van der Waals surface area contributed by atoms with Crippen LogP contribution in [0, 0.1) is 6.92 Å². The Balaban J connectivity index is 2.54. The Labute approximate surface area is 91.2 Å². The lowest BCUT2D eigenvalue weighted by Crippen LogP contribution is -2.09. The molecule has 1 rings (SSSR count). The van der Waals surface area contributed by atoms with E-state index >= 15 is 0 Å². The summed E-state index contributed by atoms with van der Waals surface area (Å²) in [6.07, 6.45) is 0. The van der Waals surface area contributed by atoms with Crippen molar-refractivity contribution in [1.29, 1.82) is 0 Å². The largest absolute Gasteiger partial charge is 0.491 e. The summed E-state index contributed by atoms with van der Waals surface area (Å²) in [7, 11) is 0. The van der Waals surface area contributed by atoms with Crippen LogP contribution in [-0.2, 0) is 11.3 Å². The normalized spacial score (nSPS) is 10.3. The van der Waals surface area contributed by atoms with Crippen molar-refractivity contribution in [3.8, 4) is 5.75 Å². The molecule has 0 radical (unpaired) electrons. The smallest absolute Gasteiger partial charge is 0.124 e. The van der Waals surface area contributed by atoms with E-state index in [1.807, 2.05) is 32.0 Å². The van der Waals surface area contributed by atoms with Gasteiger partial charge in [-0.05, 0) is 25.5 Å². The average Bonchev–Trinajstić information content (AvgIpc) is 2.25. The second-order valence-electron chi connectivity index (χ2n) is 3.36. The van der Waals surface area contributed by atoms with Crippen molar-refractivity contribution < 1.29 is 9.47 Å². The highest BCUT2D eigenvalue weighted by Crippen LogP contribution is 2.19. The van der Waals surface area contributed by atoms with Crippen molar-refractivity contribution in [2.24, 2.45) is 5.73 Å². The van der Waals surface area contributed by atoms with Gasteiger partial charge < -0.3 is 15.2 Å². The van der Waals surface area contributed by atoms with Gasteiger partial charge in [0.15, 0.2) is 0 Å². The molecule has 0 aliphatic carbocycles. The molecule has 0 spiro atoms. The Morgan fingerprint density at radius 2 is 2.07 bits per heavy atom. The fourth-order valence-electron chi connectivity index (χ4n) is 1.32. The summed E-state index contributed by atoms with van der Waals surface area (Å²) in [5.74, 6) is 0.872. The summed E-state index contributed by atoms with van der Waals surface area (Å²) >= 11 is 0. The summed E-state index contributed by atoms with van der Waals surface area (Å²) in [4.78, 5) is 0. The highest BCUT2D eigenvalue weighted by Gasteiger charge is 2.01. The Kier molecular flexibility index (Phi) is 5.15. The maximum Gasteiger partial charge on any atom is 0.124 e. The first kappa shape index (κ1) is 12.0. The van der Waals surface area contributed by atoms with E-state index in [0.29, 0.717) is 19.8 Å². The van der Waals surface area contributed by atoms with Crippen molar-refractivity contribution >= 4 is 0 Å². The minimum absolute atomic E-state index is 0.504. The predicted octanol–water partition coefficient (Wildman–Crippen LogP) is 1.87. The van der Waals surface area contributed by atoms with Crippen LogP contribution in [0.3, 0.4) is 0 Å². The van der Waals surface area contributed by atoms with Gasteiger partial charge in [0.05, 0.1) is 6.61 Å². The fraction of sp³-hybridized carbons (Fsp3) is 0.500. The average molecular weight is 209 g/mol. The van der Waals surface area contributed by atoms with Crippen LogP contribution in [0.4, 0.5) is 0 Å².